The number of thioether (sulfide) groups is 1. The van der Waals surface area contributed by atoms with Crippen LogP contribution in [0.3, 0.4) is 0 Å². The zero-order valence-corrected chi connectivity index (χ0v) is 17.2. The first-order valence-corrected chi connectivity index (χ1v) is 9.95. The van der Waals surface area contributed by atoms with Crippen molar-refractivity contribution in [3.63, 3.8) is 0 Å². The highest BCUT2D eigenvalue weighted by Gasteiger charge is 2.14. The third-order valence-corrected chi connectivity index (χ3v) is 5.80. The molecule has 0 saturated heterocycles. The lowest BCUT2D eigenvalue weighted by Gasteiger charge is -2.13. The van der Waals surface area contributed by atoms with Gasteiger partial charge >= 0.3 is 5.63 Å². The molecule has 0 radical (unpaired) electrons. The van der Waals surface area contributed by atoms with Gasteiger partial charge in [-0.25, -0.2) is 9.78 Å². The van der Waals surface area contributed by atoms with Crippen LogP contribution in [0.5, 0.6) is 0 Å². The van der Waals surface area contributed by atoms with Crippen molar-refractivity contribution in [2.75, 3.05) is 0 Å². The second-order valence-electron chi connectivity index (χ2n) is 7.38. The van der Waals surface area contributed by atoms with Crippen molar-refractivity contribution < 1.29 is 4.42 Å². The SMILES string of the molecule is Cc1cc2oc(=O)cc(CSc3nc(C)c(C)n3CC(C)C)c2cc1C. The molecular formula is C21H26N2O2S. The minimum Gasteiger partial charge on any atom is -0.423 e. The van der Waals surface area contributed by atoms with E-state index in [9.17, 15) is 4.79 Å². The molecule has 3 aromatic rings. The summed E-state index contributed by atoms with van der Waals surface area (Å²) in [6, 6.07) is 5.67. The highest BCUT2D eigenvalue weighted by atomic mass is 32.2. The molecule has 0 aliphatic carbocycles. The van der Waals surface area contributed by atoms with Crippen molar-refractivity contribution in [3.8, 4) is 0 Å². The highest BCUT2D eigenvalue weighted by molar-refractivity contribution is 7.98. The number of rotatable bonds is 5. The summed E-state index contributed by atoms with van der Waals surface area (Å²) in [4.78, 5) is 16.7. The van der Waals surface area contributed by atoms with Gasteiger partial charge in [-0.3, -0.25) is 0 Å². The van der Waals surface area contributed by atoms with Crippen molar-refractivity contribution in [1.29, 1.82) is 0 Å². The van der Waals surface area contributed by atoms with Crippen LogP contribution in [0.2, 0.25) is 0 Å². The quantitative estimate of drug-likeness (QED) is 0.459. The van der Waals surface area contributed by atoms with Gasteiger partial charge in [0.2, 0.25) is 0 Å². The zero-order valence-electron chi connectivity index (χ0n) is 16.3. The van der Waals surface area contributed by atoms with Gasteiger partial charge in [0.25, 0.3) is 0 Å². The number of hydrogen-bond acceptors (Lipinski definition) is 4. The summed E-state index contributed by atoms with van der Waals surface area (Å²) in [6.07, 6.45) is 0. The Hall–Kier alpha value is -2.01. The van der Waals surface area contributed by atoms with E-state index in [2.05, 4.69) is 45.3 Å². The van der Waals surface area contributed by atoms with Gasteiger partial charge in [-0.15, -0.1) is 0 Å². The molecule has 0 spiro atoms. The van der Waals surface area contributed by atoms with Crippen molar-refractivity contribution >= 4 is 22.7 Å². The van der Waals surface area contributed by atoms with Gasteiger partial charge < -0.3 is 8.98 Å². The smallest absolute Gasteiger partial charge is 0.336 e. The Bertz CT molecular complexity index is 1020. The zero-order chi connectivity index (χ0) is 19.0. The fraction of sp³-hybridized carbons (Fsp3) is 0.429. The van der Waals surface area contributed by atoms with Crippen molar-refractivity contribution in [2.24, 2.45) is 5.92 Å². The Morgan fingerprint density at radius 2 is 1.81 bits per heavy atom. The lowest BCUT2D eigenvalue weighted by molar-refractivity contribution is 0.486. The molecule has 0 aliphatic rings. The molecule has 2 heterocycles. The van der Waals surface area contributed by atoms with E-state index in [4.69, 9.17) is 9.40 Å². The van der Waals surface area contributed by atoms with E-state index in [0.717, 1.165) is 33.9 Å². The van der Waals surface area contributed by atoms with Crippen LogP contribution in [0.1, 0.15) is 41.9 Å². The summed E-state index contributed by atoms with van der Waals surface area (Å²) < 4.78 is 7.69. The molecule has 0 fully saturated rings. The number of nitrogens with zero attached hydrogens (tertiary/aromatic N) is 2. The van der Waals surface area contributed by atoms with Crippen LogP contribution < -0.4 is 5.63 Å². The summed E-state index contributed by atoms with van der Waals surface area (Å²) in [5.41, 5.74) is 5.97. The standard InChI is InChI=1S/C21H26N2O2S/c1-12(2)10-23-16(6)15(5)22-21(23)26-11-17-9-20(24)25-19-8-14(4)13(3)7-18(17)19/h7-9,12H,10-11H2,1-6H3. The van der Waals surface area contributed by atoms with Gasteiger partial charge in [0.1, 0.15) is 5.58 Å². The Kier molecular flexibility index (Phi) is 5.28. The first-order chi connectivity index (χ1) is 12.3. The van der Waals surface area contributed by atoms with E-state index >= 15 is 0 Å². The second kappa shape index (κ2) is 7.31. The average molecular weight is 371 g/mol. The topological polar surface area (TPSA) is 48.0 Å². The Balaban J connectivity index is 1.97. The molecule has 0 saturated carbocycles. The molecule has 0 unspecified atom stereocenters. The Morgan fingerprint density at radius 1 is 1.12 bits per heavy atom. The molecule has 0 N–H and O–H groups in total. The van der Waals surface area contributed by atoms with E-state index in [1.165, 1.54) is 11.3 Å². The molecule has 138 valence electrons. The van der Waals surface area contributed by atoms with Crippen molar-refractivity contribution in [3.05, 3.63) is 56.7 Å². The van der Waals surface area contributed by atoms with Crippen molar-refractivity contribution in [1.82, 2.24) is 9.55 Å². The predicted molar refractivity (Wildman–Crippen MR) is 108 cm³/mol. The maximum Gasteiger partial charge on any atom is 0.336 e. The largest absolute Gasteiger partial charge is 0.423 e. The van der Waals surface area contributed by atoms with Crippen LogP contribution >= 0.6 is 11.8 Å². The summed E-state index contributed by atoms with van der Waals surface area (Å²) >= 11 is 1.68. The normalized spacial score (nSPS) is 11.7. The lowest BCUT2D eigenvalue weighted by atomic mass is 10.0. The minimum absolute atomic E-state index is 0.297. The lowest BCUT2D eigenvalue weighted by Crippen LogP contribution is -2.08. The maximum atomic E-state index is 12.0. The second-order valence-corrected chi connectivity index (χ2v) is 8.32. The maximum absolute atomic E-state index is 12.0. The molecular weight excluding hydrogens is 344 g/mol. The molecule has 0 bridgehead atoms. The molecule has 5 heteroatoms. The highest BCUT2D eigenvalue weighted by Crippen LogP contribution is 2.29. The Labute approximate surface area is 158 Å². The first-order valence-electron chi connectivity index (χ1n) is 8.96. The van der Waals surface area contributed by atoms with E-state index in [1.54, 1.807) is 17.8 Å². The first kappa shape index (κ1) is 18.8. The van der Waals surface area contributed by atoms with E-state index < -0.39 is 0 Å². The average Bonchev–Trinajstić information content (AvgIpc) is 2.81. The number of fused-ring (bicyclic) bond motifs is 1. The molecule has 3 rings (SSSR count). The van der Waals surface area contributed by atoms with Gasteiger partial charge in [-0.2, -0.15) is 0 Å². The summed E-state index contributed by atoms with van der Waals surface area (Å²) in [5.74, 6) is 1.25. The minimum atomic E-state index is -0.297. The van der Waals surface area contributed by atoms with Gasteiger partial charge in [0.05, 0.1) is 5.69 Å². The number of benzene rings is 1. The van der Waals surface area contributed by atoms with Gasteiger partial charge in [0, 0.05) is 29.4 Å². The van der Waals surface area contributed by atoms with Gasteiger partial charge in [0.15, 0.2) is 5.16 Å². The molecule has 26 heavy (non-hydrogen) atoms. The van der Waals surface area contributed by atoms with Gasteiger partial charge in [-0.1, -0.05) is 25.6 Å². The van der Waals surface area contributed by atoms with Crippen LogP contribution in [-0.4, -0.2) is 9.55 Å². The van der Waals surface area contributed by atoms with Crippen LogP contribution in [-0.2, 0) is 12.3 Å². The molecule has 1 aromatic carbocycles. The predicted octanol–water partition coefficient (Wildman–Crippen LogP) is 5.17. The number of aryl methyl sites for hydroxylation is 3. The van der Waals surface area contributed by atoms with Crippen LogP contribution in [0.15, 0.2) is 32.6 Å². The van der Waals surface area contributed by atoms with Gasteiger partial charge in [-0.05, 0) is 62.4 Å². The van der Waals surface area contributed by atoms with E-state index in [1.807, 2.05) is 13.0 Å². The Morgan fingerprint density at radius 3 is 2.50 bits per heavy atom. The fourth-order valence-corrected chi connectivity index (χ4v) is 4.15. The van der Waals surface area contributed by atoms with E-state index in [0.29, 0.717) is 17.3 Å². The summed E-state index contributed by atoms with van der Waals surface area (Å²) in [5, 5.41) is 2.02. The third kappa shape index (κ3) is 3.73. The fourth-order valence-electron chi connectivity index (χ4n) is 3.06. The number of aromatic nitrogens is 2. The molecule has 2 aromatic heterocycles. The van der Waals surface area contributed by atoms with E-state index in [-0.39, 0.29) is 5.63 Å². The molecule has 0 amide bonds. The number of hydrogen-bond donors (Lipinski definition) is 0. The number of imidazole rings is 1. The molecule has 0 atom stereocenters. The monoisotopic (exact) mass is 370 g/mol. The third-order valence-electron chi connectivity index (χ3n) is 4.77. The summed E-state index contributed by atoms with van der Waals surface area (Å²) in [6.45, 7) is 13.7. The molecule has 4 nitrogen and oxygen atoms in total. The molecule has 0 aliphatic heterocycles. The van der Waals surface area contributed by atoms with Crippen molar-refractivity contribution in [2.45, 2.75) is 59.0 Å². The van der Waals surface area contributed by atoms with Crippen LogP contribution in [0, 0.1) is 33.6 Å². The van der Waals surface area contributed by atoms with Crippen LogP contribution in [0.25, 0.3) is 11.0 Å². The van der Waals surface area contributed by atoms with Crippen LogP contribution in [0.4, 0.5) is 0 Å². The summed E-state index contributed by atoms with van der Waals surface area (Å²) in [7, 11) is 0.